The van der Waals surface area contributed by atoms with Crippen LogP contribution in [0, 0.1) is 0 Å². The van der Waals surface area contributed by atoms with Gasteiger partial charge in [0.25, 0.3) is 0 Å². The first kappa shape index (κ1) is 101. The van der Waals surface area contributed by atoms with Crippen molar-refractivity contribution in [1.29, 1.82) is 0 Å². The normalized spacial score (nSPS) is 14.7. The highest BCUT2D eigenvalue weighted by molar-refractivity contribution is 7.47. The van der Waals surface area contributed by atoms with Gasteiger partial charge in [0.1, 0.15) is 19.3 Å². The van der Waals surface area contributed by atoms with Crippen molar-refractivity contribution in [3.8, 4) is 0 Å². The molecule has 0 radical (unpaired) electrons. The molecule has 0 spiro atoms. The zero-order valence-electron chi connectivity index (χ0n) is 66.1. The summed E-state index contributed by atoms with van der Waals surface area (Å²) in [4.78, 5) is 73.0. The van der Waals surface area contributed by atoms with Gasteiger partial charge in [-0.15, -0.1) is 0 Å². The third kappa shape index (κ3) is 76.9. The van der Waals surface area contributed by atoms with Crippen molar-refractivity contribution in [3.63, 3.8) is 0 Å². The third-order valence-electron chi connectivity index (χ3n) is 16.5. The van der Waals surface area contributed by atoms with Gasteiger partial charge in [0.15, 0.2) is 12.2 Å². The molecule has 0 bridgehead atoms. The highest BCUT2D eigenvalue weighted by Gasteiger charge is 2.30. The fourth-order valence-corrected chi connectivity index (χ4v) is 11.9. The first-order valence-corrected chi connectivity index (χ1v) is 43.7. The van der Waals surface area contributed by atoms with E-state index in [4.69, 9.17) is 37.0 Å². The number of carbonyl (C=O) groups excluding carboxylic acids is 4. The first-order valence-electron chi connectivity index (χ1n) is 40.7. The van der Waals surface area contributed by atoms with Crippen molar-refractivity contribution in [3.05, 3.63) is 158 Å². The Labute approximate surface area is 642 Å². The number of rotatable bonds is 75. The molecule has 0 fully saturated rings. The van der Waals surface area contributed by atoms with Crippen LogP contribution in [0.1, 0.15) is 310 Å². The summed E-state index contributed by atoms with van der Waals surface area (Å²) in [5, 5.41) is 10.6. The van der Waals surface area contributed by atoms with Gasteiger partial charge in [-0.2, -0.15) is 0 Å². The number of aliphatic hydroxyl groups is 1. The van der Waals surface area contributed by atoms with Crippen molar-refractivity contribution >= 4 is 39.5 Å². The lowest BCUT2D eigenvalue weighted by Gasteiger charge is -2.21. The molecule has 0 aromatic carbocycles. The lowest BCUT2D eigenvalue weighted by Crippen LogP contribution is -2.30. The van der Waals surface area contributed by atoms with Gasteiger partial charge in [-0.05, 0) is 154 Å². The van der Waals surface area contributed by atoms with Crippen molar-refractivity contribution in [2.45, 2.75) is 329 Å². The highest BCUT2D eigenvalue weighted by atomic mass is 31.2. The largest absolute Gasteiger partial charge is 0.472 e. The summed E-state index contributed by atoms with van der Waals surface area (Å²) < 4.78 is 68.5. The maximum absolute atomic E-state index is 13.1. The molecule has 19 heteroatoms. The molecule has 604 valence electrons. The van der Waals surface area contributed by atoms with Gasteiger partial charge in [0.05, 0.1) is 26.4 Å². The van der Waals surface area contributed by atoms with E-state index in [0.29, 0.717) is 38.5 Å². The van der Waals surface area contributed by atoms with Gasteiger partial charge in [0, 0.05) is 25.7 Å². The van der Waals surface area contributed by atoms with Crippen LogP contribution >= 0.6 is 15.6 Å². The van der Waals surface area contributed by atoms with Crippen LogP contribution in [0.15, 0.2) is 158 Å². The molecule has 5 unspecified atom stereocenters. The van der Waals surface area contributed by atoms with Gasteiger partial charge in [-0.3, -0.25) is 37.3 Å². The molecular formula is C87H144O17P2. The van der Waals surface area contributed by atoms with E-state index in [2.05, 4.69) is 155 Å². The molecule has 106 heavy (non-hydrogen) atoms. The Hall–Kier alpha value is -5.32. The first-order chi connectivity index (χ1) is 51.7. The second-order valence-corrected chi connectivity index (χ2v) is 29.5. The molecule has 0 amide bonds. The van der Waals surface area contributed by atoms with Crippen LogP contribution in [0.3, 0.4) is 0 Å². The van der Waals surface area contributed by atoms with E-state index in [1.165, 1.54) is 77.0 Å². The molecule has 0 aliphatic heterocycles. The van der Waals surface area contributed by atoms with Crippen molar-refractivity contribution in [1.82, 2.24) is 0 Å². The summed E-state index contributed by atoms with van der Waals surface area (Å²) in [5.41, 5.74) is 0. The van der Waals surface area contributed by atoms with E-state index >= 15 is 0 Å². The van der Waals surface area contributed by atoms with Gasteiger partial charge >= 0.3 is 39.5 Å². The Kier molecular flexibility index (Phi) is 73.9. The van der Waals surface area contributed by atoms with Crippen molar-refractivity contribution in [2.75, 3.05) is 39.6 Å². The van der Waals surface area contributed by atoms with E-state index in [9.17, 15) is 43.2 Å². The van der Waals surface area contributed by atoms with Crippen LogP contribution in [0.25, 0.3) is 0 Å². The second-order valence-electron chi connectivity index (χ2n) is 26.6. The van der Waals surface area contributed by atoms with Crippen LogP contribution in [0.2, 0.25) is 0 Å². The Bertz CT molecular complexity index is 2630. The average molecular weight is 1520 g/mol. The minimum atomic E-state index is -5.01. The van der Waals surface area contributed by atoms with E-state index in [0.717, 1.165) is 141 Å². The Balaban J connectivity index is 5.49. The number of ether oxygens (including phenoxy) is 4. The fraction of sp³-hybridized carbons (Fsp3) is 0.655. The zero-order chi connectivity index (χ0) is 77.4. The Morgan fingerprint density at radius 2 is 0.519 bits per heavy atom. The molecule has 0 aliphatic carbocycles. The predicted octanol–water partition coefficient (Wildman–Crippen LogP) is 24.0. The van der Waals surface area contributed by atoms with E-state index in [1.807, 2.05) is 30.4 Å². The molecular weight excluding hydrogens is 1380 g/mol. The number of aliphatic hydroxyl groups excluding tert-OH is 1. The Morgan fingerprint density at radius 3 is 0.849 bits per heavy atom. The number of esters is 4. The van der Waals surface area contributed by atoms with Crippen molar-refractivity contribution in [2.24, 2.45) is 0 Å². The van der Waals surface area contributed by atoms with Crippen molar-refractivity contribution < 1.29 is 80.2 Å². The summed E-state index contributed by atoms with van der Waals surface area (Å²) in [6, 6.07) is 0. The molecule has 0 aromatic rings. The van der Waals surface area contributed by atoms with E-state index < -0.39 is 97.5 Å². The summed E-state index contributed by atoms with van der Waals surface area (Å²) in [7, 11) is -10.0. The van der Waals surface area contributed by atoms with Crippen LogP contribution in [-0.2, 0) is 65.4 Å². The number of hydrogen-bond acceptors (Lipinski definition) is 15. The standard InChI is InChI=1S/C87H144O17P2/c1-5-9-13-17-21-25-29-33-37-39-40-42-46-48-52-56-60-64-68-72-85(90)98-78-83(104-87(92)74-70-66-62-58-54-50-44-36-32-28-24-20-16-12-8-4)80-102-106(95,96)100-76-81(88)75-99-105(93,94)101-79-82(103-86(91)73-69-65-61-57-53-49-43-35-31-27-23-19-15-11-7-3)77-97-84(89)71-67-63-59-55-51-47-45-41-38-34-30-26-22-18-14-10-6-2/h9-10,13-14,21-22,25-26,33-38,40,42-45,47-48,52,55,59-60,64,81-83,88H,5-8,11-12,15-20,23-24,27-32,39,41,46,49-51,53-54,56-58,61-63,65-80H2,1-4H3,(H,93,94)(H,95,96)/b13-9-,14-10-,25-21-,26-22-,37-33-,38-34-,42-40-,43-35-,44-36-,47-45-,52-48-,59-55-,64-60-. The molecule has 17 nitrogen and oxygen atoms in total. The van der Waals surface area contributed by atoms with Gasteiger partial charge in [0.2, 0.25) is 0 Å². The van der Waals surface area contributed by atoms with E-state index in [1.54, 1.807) is 0 Å². The van der Waals surface area contributed by atoms with Gasteiger partial charge in [-0.1, -0.05) is 288 Å². The molecule has 0 saturated carbocycles. The topological polar surface area (TPSA) is 237 Å². The number of hydrogen-bond donors (Lipinski definition) is 3. The van der Waals surface area contributed by atoms with Crippen LogP contribution in [0.5, 0.6) is 0 Å². The number of phosphoric acid groups is 2. The summed E-state index contributed by atoms with van der Waals surface area (Å²) >= 11 is 0. The monoisotopic (exact) mass is 1520 g/mol. The molecule has 0 saturated heterocycles. The SMILES string of the molecule is CC/C=C\C/C=C\C/C=C\C/C=C\C/C=C\C/C=C\CCC(=O)OCC(COP(=O)(O)OCC(O)COP(=O)(O)OCC(COC(=O)CCC/C=C\C/C=C\C/C=C\C/C=C\C/C=C\CC)OC(=O)CCCCCCC/C=C\CCCCCCCC)OC(=O)CCCCCCC/C=C\CCCCCCCC. The number of carbonyl (C=O) groups is 4. The van der Waals surface area contributed by atoms with Gasteiger partial charge in [-0.25, -0.2) is 9.13 Å². The minimum absolute atomic E-state index is 0.0294. The number of allylic oxidation sites excluding steroid dienone is 26. The van der Waals surface area contributed by atoms with Gasteiger partial charge < -0.3 is 33.8 Å². The average Bonchev–Trinajstić information content (AvgIpc) is 0.909. The molecule has 5 atom stereocenters. The maximum atomic E-state index is 13.1. The number of unbranched alkanes of at least 4 members (excludes halogenated alkanes) is 23. The predicted molar refractivity (Wildman–Crippen MR) is 436 cm³/mol. The third-order valence-corrected chi connectivity index (χ3v) is 18.4. The lowest BCUT2D eigenvalue weighted by atomic mass is 10.1. The lowest BCUT2D eigenvalue weighted by molar-refractivity contribution is -0.161. The summed E-state index contributed by atoms with van der Waals surface area (Å²) in [6.45, 7) is 4.47. The zero-order valence-corrected chi connectivity index (χ0v) is 67.8. The van der Waals surface area contributed by atoms with Crippen LogP contribution < -0.4 is 0 Å². The Morgan fingerprint density at radius 1 is 0.274 bits per heavy atom. The molecule has 0 aliphatic rings. The minimum Gasteiger partial charge on any atom is -0.462 e. The fourth-order valence-electron chi connectivity index (χ4n) is 10.3. The molecule has 0 heterocycles. The molecule has 3 N–H and O–H groups in total. The second kappa shape index (κ2) is 77.8. The number of phosphoric ester groups is 2. The van der Waals surface area contributed by atoms with Crippen LogP contribution in [0.4, 0.5) is 0 Å². The smallest absolute Gasteiger partial charge is 0.462 e. The molecule has 0 rings (SSSR count). The maximum Gasteiger partial charge on any atom is 0.472 e. The molecule has 0 aromatic heterocycles. The quantitative estimate of drug-likeness (QED) is 0.0169. The van der Waals surface area contributed by atoms with Crippen LogP contribution in [-0.4, -0.2) is 96.7 Å². The summed E-state index contributed by atoms with van der Waals surface area (Å²) in [6.07, 6.45) is 91.0. The summed E-state index contributed by atoms with van der Waals surface area (Å²) in [5.74, 6) is -2.36. The highest BCUT2D eigenvalue weighted by Crippen LogP contribution is 2.45. The van der Waals surface area contributed by atoms with E-state index in [-0.39, 0.29) is 25.7 Å².